The van der Waals surface area contributed by atoms with Gasteiger partial charge < -0.3 is 4.74 Å². The van der Waals surface area contributed by atoms with Crippen molar-refractivity contribution < 1.29 is 14.3 Å². The normalized spacial score (nSPS) is 21.8. The standard InChI is InChI=1S/C12H21NO3/c1-8(2)10-6-9(14)7-13(10)11(15)16-12(3,4)5/h8,10H,6-7H2,1-5H3/t10-/m1/s1. The minimum atomic E-state index is -0.510. The summed E-state index contributed by atoms with van der Waals surface area (Å²) in [6.45, 7) is 9.70. The fraction of sp³-hybridized carbons (Fsp3) is 0.833. The number of hydrogen-bond donors (Lipinski definition) is 0. The highest BCUT2D eigenvalue weighted by molar-refractivity contribution is 5.88. The lowest BCUT2D eigenvalue weighted by Crippen LogP contribution is -2.42. The zero-order chi connectivity index (χ0) is 12.5. The maximum absolute atomic E-state index is 11.9. The maximum atomic E-state index is 11.9. The second-order valence-electron chi connectivity index (χ2n) is 5.66. The van der Waals surface area contributed by atoms with Crippen molar-refractivity contribution in [2.24, 2.45) is 5.92 Å². The van der Waals surface area contributed by atoms with Crippen molar-refractivity contribution in [3.8, 4) is 0 Å². The van der Waals surface area contributed by atoms with E-state index in [0.717, 1.165) is 0 Å². The lowest BCUT2D eigenvalue weighted by molar-refractivity contribution is -0.117. The molecular formula is C12H21NO3. The van der Waals surface area contributed by atoms with Gasteiger partial charge in [0, 0.05) is 12.5 Å². The van der Waals surface area contributed by atoms with Gasteiger partial charge in [-0.25, -0.2) is 4.79 Å². The van der Waals surface area contributed by atoms with E-state index >= 15 is 0 Å². The van der Waals surface area contributed by atoms with Crippen molar-refractivity contribution in [3.63, 3.8) is 0 Å². The Balaban J connectivity index is 2.71. The van der Waals surface area contributed by atoms with Crippen LogP contribution < -0.4 is 0 Å². The average Bonchev–Trinajstić information content (AvgIpc) is 2.44. The molecule has 0 spiro atoms. The van der Waals surface area contributed by atoms with E-state index in [2.05, 4.69) is 0 Å². The lowest BCUT2D eigenvalue weighted by atomic mass is 10.0. The van der Waals surface area contributed by atoms with Crippen LogP contribution in [0.5, 0.6) is 0 Å². The Kier molecular flexibility index (Phi) is 3.61. The van der Waals surface area contributed by atoms with Crippen LogP contribution >= 0.6 is 0 Å². The summed E-state index contributed by atoms with van der Waals surface area (Å²) in [7, 11) is 0. The predicted octanol–water partition coefficient (Wildman–Crippen LogP) is 2.22. The molecule has 0 aromatic rings. The largest absolute Gasteiger partial charge is 0.444 e. The minimum Gasteiger partial charge on any atom is -0.444 e. The van der Waals surface area contributed by atoms with E-state index in [9.17, 15) is 9.59 Å². The zero-order valence-electron chi connectivity index (χ0n) is 10.7. The quantitative estimate of drug-likeness (QED) is 0.690. The molecule has 16 heavy (non-hydrogen) atoms. The summed E-state index contributed by atoms with van der Waals surface area (Å²) < 4.78 is 5.29. The van der Waals surface area contributed by atoms with Gasteiger partial charge in [0.05, 0.1) is 6.54 Å². The van der Waals surface area contributed by atoms with Crippen LogP contribution in [0.1, 0.15) is 41.0 Å². The molecule has 0 unspecified atom stereocenters. The molecule has 0 aromatic carbocycles. The highest BCUT2D eigenvalue weighted by Crippen LogP contribution is 2.23. The smallest absolute Gasteiger partial charge is 0.410 e. The molecule has 0 N–H and O–H groups in total. The Morgan fingerprint density at radius 1 is 1.44 bits per heavy atom. The Hall–Kier alpha value is -1.06. The minimum absolute atomic E-state index is 0.0117. The van der Waals surface area contributed by atoms with Crippen molar-refractivity contribution in [1.29, 1.82) is 0 Å². The van der Waals surface area contributed by atoms with Gasteiger partial charge in [-0.3, -0.25) is 9.69 Å². The van der Waals surface area contributed by atoms with Gasteiger partial charge in [-0.2, -0.15) is 0 Å². The second kappa shape index (κ2) is 4.44. The molecule has 1 heterocycles. The molecule has 1 rings (SSSR count). The third-order valence-corrected chi connectivity index (χ3v) is 2.58. The van der Waals surface area contributed by atoms with E-state index in [1.807, 2.05) is 34.6 Å². The van der Waals surface area contributed by atoms with Crippen LogP contribution in [0, 0.1) is 5.92 Å². The van der Waals surface area contributed by atoms with Crippen LogP contribution in [0.3, 0.4) is 0 Å². The Morgan fingerprint density at radius 2 is 2.00 bits per heavy atom. The van der Waals surface area contributed by atoms with E-state index in [4.69, 9.17) is 4.74 Å². The molecule has 4 heteroatoms. The van der Waals surface area contributed by atoms with Crippen LogP contribution in [-0.2, 0) is 9.53 Å². The van der Waals surface area contributed by atoms with Gasteiger partial charge in [-0.15, -0.1) is 0 Å². The molecule has 0 aromatic heterocycles. The highest BCUT2D eigenvalue weighted by atomic mass is 16.6. The first kappa shape index (κ1) is 13.0. The van der Waals surface area contributed by atoms with Crippen LogP contribution in [-0.4, -0.2) is 35.0 Å². The van der Waals surface area contributed by atoms with Crippen molar-refractivity contribution in [2.75, 3.05) is 6.54 Å². The molecule has 0 saturated carbocycles. The summed E-state index contributed by atoms with van der Waals surface area (Å²) in [6.07, 6.45) is 0.0775. The molecule has 0 bridgehead atoms. The Morgan fingerprint density at radius 3 is 2.44 bits per heavy atom. The monoisotopic (exact) mass is 227 g/mol. The van der Waals surface area contributed by atoms with Crippen molar-refractivity contribution in [1.82, 2.24) is 4.90 Å². The molecule has 1 amide bonds. The number of Topliss-reactive ketones (excluding diaryl/α,β-unsaturated/α-hetero) is 1. The van der Waals surface area contributed by atoms with Crippen molar-refractivity contribution >= 4 is 11.9 Å². The molecule has 1 aliphatic rings. The van der Waals surface area contributed by atoms with Gasteiger partial charge in [-0.05, 0) is 26.7 Å². The fourth-order valence-electron chi connectivity index (χ4n) is 1.83. The predicted molar refractivity (Wildman–Crippen MR) is 61.2 cm³/mol. The Labute approximate surface area is 96.9 Å². The summed E-state index contributed by atoms with van der Waals surface area (Å²) in [6, 6.07) is -0.0117. The number of nitrogens with zero attached hydrogens (tertiary/aromatic N) is 1. The molecule has 0 radical (unpaired) electrons. The van der Waals surface area contributed by atoms with Gasteiger partial charge in [0.1, 0.15) is 5.60 Å². The van der Waals surface area contributed by atoms with Crippen molar-refractivity contribution in [3.05, 3.63) is 0 Å². The van der Waals surface area contributed by atoms with E-state index in [1.54, 1.807) is 4.90 Å². The number of ether oxygens (including phenoxy) is 1. The molecule has 1 atom stereocenters. The summed E-state index contributed by atoms with van der Waals surface area (Å²) in [5, 5.41) is 0. The number of rotatable bonds is 1. The molecule has 0 aliphatic carbocycles. The van der Waals surface area contributed by atoms with Crippen LogP contribution in [0.4, 0.5) is 4.79 Å². The number of likely N-dealkylation sites (tertiary alicyclic amines) is 1. The molecule has 1 saturated heterocycles. The SMILES string of the molecule is CC(C)[C@H]1CC(=O)CN1C(=O)OC(C)(C)C. The number of amides is 1. The summed E-state index contributed by atoms with van der Waals surface area (Å²) >= 11 is 0. The van der Waals surface area contributed by atoms with E-state index in [-0.39, 0.29) is 30.4 Å². The molecule has 4 nitrogen and oxygen atoms in total. The van der Waals surface area contributed by atoms with Crippen LogP contribution in [0.25, 0.3) is 0 Å². The molecule has 1 aliphatic heterocycles. The topological polar surface area (TPSA) is 46.6 Å². The zero-order valence-corrected chi connectivity index (χ0v) is 10.7. The van der Waals surface area contributed by atoms with E-state index < -0.39 is 5.60 Å². The third-order valence-electron chi connectivity index (χ3n) is 2.58. The number of ketones is 1. The first-order chi connectivity index (χ1) is 7.20. The first-order valence-electron chi connectivity index (χ1n) is 5.72. The van der Waals surface area contributed by atoms with Gasteiger partial charge >= 0.3 is 6.09 Å². The van der Waals surface area contributed by atoms with Crippen LogP contribution in [0.15, 0.2) is 0 Å². The number of hydrogen-bond acceptors (Lipinski definition) is 3. The Bertz CT molecular complexity index is 291. The summed E-state index contributed by atoms with van der Waals surface area (Å²) in [5.74, 6) is 0.392. The van der Waals surface area contributed by atoms with Gasteiger partial charge in [0.2, 0.25) is 0 Å². The van der Waals surface area contributed by atoms with Crippen LogP contribution in [0.2, 0.25) is 0 Å². The van der Waals surface area contributed by atoms with Crippen molar-refractivity contribution in [2.45, 2.75) is 52.7 Å². The number of carbonyl (C=O) groups excluding carboxylic acids is 2. The molecular weight excluding hydrogens is 206 g/mol. The average molecular weight is 227 g/mol. The lowest BCUT2D eigenvalue weighted by Gasteiger charge is -2.29. The highest BCUT2D eigenvalue weighted by Gasteiger charge is 2.37. The fourth-order valence-corrected chi connectivity index (χ4v) is 1.83. The first-order valence-corrected chi connectivity index (χ1v) is 5.72. The maximum Gasteiger partial charge on any atom is 0.410 e. The summed E-state index contributed by atoms with van der Waals surface area (Å²) in [4.78, 5) is 24.8. The van der Waals surface area contributed by atoms with Gasteiger partial charge in [0.15, 0.2) is 5.78 Å². The third kappa shape index (κ3) is 3.22. The second-order valence-corrected chi connectivity index (χ2v) is 5.66. The molecule has 92 valence electrons. The molecule has 1 fully saturated rings. The van der Waals surface area contributed by atoms with Gasteiger partial charge in [0.25, 0.3) is 0 Å². The van der Waals surface area contributed by atoms with E-state index in [1.165, 1.54) is 0 Å². The summed E-state index contributed by atoms with van der Waals surface area (Å²) in [5.41, 5.74) is -0.510. The number of carbonyl (C=O) groups is 2. The van der Waals surface area contributed by atoms with E-state index in [0.29, 0.717) is 6.42 Å². The van der Waals surface area contributed by atoms with Gasteiger partial charge in [-0.1, -0.05) is 13.8 Å².